The third-order valence-electron chi connectivity index (χ3n) is 18.1. The van der Waals surface area contributed by atoms with E-state index in [1.807, 2.05) is 152 Å². The topological polar surface area (TPSA) is 102 Å². The number of aromatic nitrogens is 9. The average Bonchev–Trinajstić information content (AvgIpc) is 1.48. The number of nitrogens with zero attached hydrogens (tertiary/aromatic N) is 9. The van der Waals surface area contributed by atoms with Crippen molar-refractivity contribution in [1.82, 2.24) is 42.9 Å². The van der Waals surface area contributed by atoms with Gasteiger partial charge in [-0.3, -0.25) is 19.4 Å². The molecule has 11 nitrogen and oxygen atoms in total. The molecule has 0 radical (unpaired) electrons. The van der Waals surface area contributed by atoms with Gasteiger partial charge < -0.3 is 28.0 Å². The Bertz CT molecular complexity index is 6090. The van der Waals surface area contributed by atoms with Crippen LogP contribution in [0, 0.1) is 12.1 Å². The summed E-state index contributed by atoms with van der Waals surface area (Å²) in [6, 6.07) is 104. The first-order chi connectivity index (χ1) is 49.0. The van der Waals surface area contributed by atoms with Gasteiger partial charge in [-0.05, 0) is 144 Å². The third-order valence-corrected chi connectivity index (χ3v) is 18.6. The van der Waals surface area contributed by atoms with Gasteiger partial charge in [-0.2, -0.15) is 0 Å². The summed E-state index contributed by atoms with van der Waals surface area (Å²) in [5, 5.41) is 11.3. The predicted octanol–water partition coefficient (Wildman–Crippen LogP) is 22.3. The monoisotopic (exact) mass is 1440 g/mol. The molecule has 0 saturated heterocycles. The van der Waals surface area contributed by atoms with Crippen molar-refractivity contribution in [2.75, 3.05) is 0 Å². The number of fused-ring (bicyclic) bond motifs is 18. The number of rotatable bonds is 9. The Kier molecular flexibility index (Phi) is 16.1. The van der Waals surface area contributed by atoms with Gasteiger partial charge in [-0.25, -0.2) is 4.98 Å². The zero-order valence-corrected chi connectivity index (χ0v) is 56.4. The molecule has 0 fully saturated rings. The molecule has 0 aliphatic heterocycles. The normalized spacial score (nSPS) is 11.4. The van der Waals surface area contributed by atoms with Crippen LogP contribution < -0.4 is 9.47 Å². The summed E-state index contributed by atoms with van der Waals surface area (Å²) in [6.07, 6.45) is 13.2. The fourth-order valence-corrected chi connectivity index (χ4v) is 14.1. The number of halogens is 1. The molecule has 13 heteroatoms. The number of para-hydroxylation sites is 4. The third kappa shape index (κ3) is 11.2. The standard InChI is InChI=1S/C38H24N4O.C38H22N4O.C11H8BrN.Pd/c2*1-2-10-26(11-3-1)42-35-15-5-4-13-30(35)32-23-31-29-17-16-28(22-33(29)38-40-19-20-41(38)36(31)24-37(32)42)43-27-12-8-9-25(21-27)34-14-6-7-18-39-34;12-10-5-3-4-9(8-10)11-6-1-2-7-13-11;/h1-24H;1-20,23-24H;1-8H;/q;-2;;+2. The summed E-state index contributed by atoms with van der Waals surface area (Å²) >= 11 is 3.43. The second-order valence-electron chi connectivity index (χ2n) is 24.0. The molecule has 20 aromatic rings. The fraction of sp³-hybridized carbons (Fsp3) is 0. The number of imidazole rings is 2. The summed E-state index contributed by atoms with van der Waals surface area (Å²) in [5.74, 6) is 2.73. The minimum absolute atomic E-state index is 0. The quantitative estimate of drug-likeness (QED) is 0.0806. The van der Waals surface area contributed by atoms with Crippen LogP contribution in [0.1, 0.15) is 0 Å². The van der Waals surface area contributed by atoms with E-state index in [0.29, 0.717) is 11.5 Å². The van der Waals surface area contributed by atoms with E-state index >= 15 is 0 Å². The molecule has 0 spiro atoms. The van der Waals surface area contributed by atoms with Crippen LogP contribution in [-0.2, 0) is 20.4 Å². The van der Waals surface area contributed by atoms with E-state index in [9.17, 15) is 0 Å². The molecule has 0 amide bonds. The van der Waals surface area contributed by atoms with Gasteiger partial charge >= 0.3 is 20.4 Å². The summed E-state index contributed by atoms with van der Waals surface area (Å²) < 4.78 is 22.8. The maximum absolute atomic E-state index is 6.40. The van der Waals surface area contributed by atoms with E-state index in [1.54, 1.807) is 18.6 Å². The van der Waals surface area contributed by atoms with Crippen molar-refractivity contribution in [3.05, 3.63) is 345 Å². The smallest absolute Gasteiger partial charge is 0.497 e. The molecule has 11 aromatic carbocycles. The largest absolute Gasteiger partial charge is 2.00 e. The van der Waals surface area contributed by atoms with Crippen LogP contribution in [0.5, 0.6) is 23.0 Å². The van der Waals surface area contributed by atoms with Crippen molar-refractivity contribution < 1.29 is 29.9 Å². The molecule has 0 unspecified atom stereocenters. The molecule has 476 valence electrons. The molecule has 20 rings (SSSR count). The molecule has 100 heavy (non-hydrogen) atoms. The van der Waals surface area contributed by atoms with Gasteiger partial charge in [0, 0.05) is 120 Å². The van der Waals surface area contributed by atoms with Gasteiger partial charge in [0.15, 0.2) is 0 Å². The summed E-state index contributed by atoms with van der Waals surface area (Å²) in [7, 11) is 0. The average molecular weight is 1440 g/mol. The number of ether oxygens (including phenoxy) is 2. The van der Waals surface area contributed by atoms with E-state index in [2.05, 4.69) is 219 Å². The van der Waals surface area contributed by atoms with Crippen LogP contribution in [0.4, 0.5) is 0 Å². The van der Waals surface area contributed by atoms with Crippen molar-refractivity contribution in [3.63, 3.8) is 0 Å². The first-order valence-corrected chi connectivity index (χ1v) is 33.3. The van der Waals surface area contributed by atoms with E-state index in [0.717, 1.165) is 116 Å². The number of pyridine rings is 5. The number of benzene rings is 11. The van der Waals surface area contributed by atoms with Crippen molar-refractivity contribution in [2.24, 2.45) is 0 Å². The van der Waals surface area contributed by atoms with Gasteiger partial charge in [0.05, 0.1) is 44.6 Å². The zero-order chi connectivity index (χ0) is 65.8. The molecule has 9 heterocycles. The van der Waals surface area contributed by atoms with Crippen LogP contribution in [0.2, 0.25) is 0 Å². The first-order valence-electron chi connectivity index (χ1n) is 32.5. The molecule has 0 aliphatic rings. The Labute approximate surface area is 595 Å². The van der Waals surface area contributed by atoms with Crippen molar-refractivity contribution in [3.8, 4) is 68.1 Å². The minimum atomic E-state index is 0. The van der Waals surface area contributed by atoms with Crippen LogP contribution in [0.15, 0.2) is 333 Å². The van der Waals surface area contributed by atoms with Gasteiger partial charge in [-0.1, -0.05) is 172 Å². The molecule has 0 N–H and O–H groups in total. The van der Waals surface area contributed by atoms with E-state index < -0.39 is 0 Å². The van der Waals surface area contributed by atoms with E-state index in [-0.39, 0.29) is 20.4 Å². The van der Waals surface area contributed by atoms with Crippen molar-refractivity contribution in [2.45, 2.75) is 0 Å². The molecule has 9 aromatic heterocycles. The van der Waals surface area contributed by atoms with Gasteiger partial charge in [-0.15, -0.1) is 29.8 Å². The Morgan fingerprint density at radius 1 is 0.300 bits per heavy atom. The fourth-order valence-electron chi connectivity index (χ4n) is 13.7. The molecule has 0 atom stereocenters. The van der Waals surface area contributed by atoms with Crippen LogP contribution in [0.25, 0.3) is 143 Å². The molecular weight excluding hydrogens is 1390 g/mol. The maximum Gasteiger partial charge on any atom is 2.00 e. The van der Waals surface area contributed by atoms with Gasteiger partial charge in [0.25, 0.3) is 0 Å². The van der Waals surface area contributed by atoms with Gasteiger partial charge in [0.2, 0.25) is 0 Å². The van der Waals surface area contributed by atoms with Crippen LogP contribution in [0.3, 0.4) is 0 Å². The second kappa shape index (κ2) is 26.2. The summed E-state index contributed by atoms with van der Waals surface area (Å²) in [6.45, 7) is 0. The van der Waals surface area contributed by atoms with Gasteiger partial charge in [0.1, 0.15) is 17.1 Å². The Morgan fingerprint density at radius 3 is 1.43 bits per heavy atom. The number of hydrogen-bond acceptors (Lipinski definition) is 7. The van der Waals surface area contributed by atoms with Crippen LogP contribution >= 0.6 is 15.9 Å². The first kappa shape index (κ1) is 61.2. The predicted molar refractivity (Wildman–Crippen MR) is 404 cm³/mol. The molecular formula is C87H54BrN9O2Pd. The van der Waals surface area contributed by atoms with E-state index in [4.69, 9.17) is 19.4 Å². The summed E-state index contributed by atoms with van der Waals surface area (Å²) in [4.78, 5) is 22.8. The van der Waals surface area contributed by atoms with Crippen LogP contribution in [-0.4, -0.2) is 42.9 Å². The van der Waals surface area contributed by atoms with E-state index in [1.165, 1.54) is 43.5 Å². The SMILES string of the molecule is Brc1cccc(-c2ccccn2)c1.[Pd+2].[c-]1c(Oc2[c-]c3c(cc2)c2cc4c5ccccc5n(-c5ccccc5)c4cc2n2ccnc32)cccc1-c1ccccn1.c1ccc(-n2c3ccccc3c3cc4c5ccc(Oc6cccc(-c7ccccn7)c6)cc5c5nccn5c4cc32)cc1. The molecule has 0 bridgehead atoms. The minimum Gasteiger partial charge on any atom is -0.497 e. The maximum atomic E-state index is 6.40. The molecule has 0 saturated carbocycles. The van der Waals surface area contributed by atoms with Crippen molar-refractivity contribution >= 4 is 114 Å². The number of hydrogen-bond donors (Lipinski definition) is 0. The van der Waals surface area contributed by atoms with Crippen molar-refractivity contribution in [1.29, 1.82) is 0 Å². The Balaban J connectivity index is 0.000000126. The zero-order valence-electron chi connectivity index (χ0n) is 53.2. The molecule has 0 aliphatic carbocycles. The Morgan fingerprint density at radius 2 is 0.810 bits per heavy atom. The second-order valence-corrected chi connectivity index (χ2v) is 24.9. The Hall–Kier alpha value is -12.4. The summed E-state index contributed by atoms with van der Waals surface area (Å²) in [5.41, 5.74) is 16.7.